The van der Waals surface area contributed by atoms with Crippen molar-refractivity contribution in [1.82, 2.24) is 10.6 Å². The van der Waals surface area contributed by atoms with Crippen molar-refractivity contribution in [2.75, 3.05) is 25.0 Å². The van der Waals surface area contributed by atoms with Gasteiger partial charge in [-0.2, -0.15) is 0 Å². The van der Waals surface area contributed by atoms with E-state index in [1.165, 1.54) is 12.0 Å². The fraction of sp³-hybridized carbons (Fsp3) is 0.579. The third-order valence-corrected chi connectivity index (χ3v) is 5.52. The van der Waals surface area contributed by atoms with Gasteiger partial charge in [0, 0.05) is 12.2 Å². The van der Waals surface area contributed by atoms with Gasteiger partial charge in [0.15, 0.2) is 0 Å². The zero-order chi connectivity index (χ0) is 17.0. The average molecular weight is 366 g/mol. The van der Waals surface area contributed by atoms with Gasteiger partial charge in [0.2, 0.25) is 11.8 Å². The van der Waals surface area contributed by atoms with E-state index >= 15 is 0 Å². The Morgan fingerprint density at radius 3 is 2.96 bits per heavy atom. The number of aryl methyl sites for hydroxylation is 1. The second kappa shape index (κ2) is 8.68. The van der Waals surface area contributed by atoms with Crippen LogP contribution in [0.1, 0.15) is 38.2 Å². The van der Waals surface area contributed by atoms with Crippen LogP contribution in [0.25, 0.3) is 0 Å². The van der Waals surface area contributed by atoms with E-state index in [-0.39, 0.29) is 36.2 Å². The molecule has 3 rings (SSSR count). The number of hydrogen-bond donors (Lipinski definition) is 3. The molecular formula is C19H28ClN3O2. The van der Waals surface area contributed by atoms with Crippen molar-refractivity contribution in [2.24, 2.45) is 11.3 Å². The Kier molecular flexibility index (Phi) is 6.85. The summed E-state index contributed by atoms with van der Waals surface area (Å²) < 4.78 is 0. The Hall–Kier alpha value is -1.59. The lowest BCUT2D eigenvalue weighted by Crippen LogP contribution is -2.49. The Labute approximate surface area is 155 Å². The highest BCUT2D eigenvalue weighted by molar-refractivity contribution is 5.95. The van der Waals surface area contributed by atoms with Gasteiger partial charge in [0.1, 0.15) is 0 Å². The van der Waals surface area contributed by atoms with Crippen molar-refractivity contribution in [3.8, 4) is 0 Å². The van der Waals surface area contributed by atoms with Crippen LogP contribution in [-0.4, -0.2) is 31.4 Å². The van der Waals surface area contributed by atoms with E-state index in [0.29, 0.717) is 5.92 Å². The molecule has 1 aliphatic heterocycles. The predicted octanol–water partition coefficient (Wildman–Crippen LogP) is 2.51. The molecule has 6 heteroatoms. The van der Waals surface area contributed by atoms with E-state index < -0.39 is 0 Å². The molecule has 138 valence electrons. The van der Waals surface area contributed by atoms with Crippen molar-refractivity contribution < 1.29 is 9.59 Å². The van der Waals surface area contributed by atoms with Crippen LogP contribution in [-0.2, 0) is 16.0 Å². The predicted molar refractivity (Wildman–Crippen MR) is 102 cm³/mol. The van der Waals surface area contributed by atoms with E-state index in [1.807, 2.05) is 24.3 Å². The first-order valence-electron chi connectivity index (χ1n) is 9.02. The number of halogens is 1. The first-order chi connectivity index (χ1) is 11.6. The van der Waals surface area contributed by atoms with Gasteiger partial charge in [-0.15, -0.1) is 12.4 Å². The Balaban J connectivity index is 0.00000225. The summed E-state index contributed by atoms with van der Waals surface area (Å²) in [5.41, 5.74) is 1.66. The van der Waals surface area contributed by atoms with Crippen LogP contribution >= 0.6 is 12.4 Å². The highest BCUT2D eigenvalue weighted by atomic mass is 35.5. The van der Waals surface area contributed by atoms with Crippen molar-refractivity contribution >= 4 is 29.9 Å². The normalized spacial score (nSPS) is 24.8. The van der Waals surface area contributed by atoms with Crippen LogP contribution < -0.4 is 16.0 Å². The quantitative estimate of drug-likeness (QED) is 0.750. The van der Waals surface area contributed by atoms with Gasteiger partial charge in [-0.3, -0.25) is 9.59 Å². The zero-order valence-electron chi connectivity index (χ0n) is 14.8. The van der Waals surface area contributed by atoms with Crippen molar-refractivity contribution in [1.29, 1.82) is 0 Å². The second-order valence-electron chi connectivity index (χ2n) is 7.01. The van der Waals surface area contributed by atoms with E-state index in [4.69, 9.17) is 0 Å². The highest BCUT2D eigenvalue weighted by Crippen LogP contribution is 2.43. The van der Waals surface area contributed by atoms with Gasteiger partial charge >= 0.3 is 0 Å². The Morgan fingerprint density at radius 2 is 2.16 bits per heavy atom. The topological polar surface area (TPSA) is 70.2 Å². The van der Waals surface area contributed by atoms with E-state index in [9.17, 15) is 9.59 Å². The summed E-state index contributed by atoms with van der Waals surface area (Å²) in [6, 6.07) is 7.81. The fourth-order valence-corrected chi connectivity index (χ4v) is 4.10. The zero-order valence-corrected chi connectivity index (χ0v) is 15.6. The van der Waals surface area contributed by atoms with Crippen LogP contribution in [0.3, 0.4) is 0 Å². The molecule has 2 amide bonds. The molecule has 0 bridgehead atoms. The number of carbonyl (C=O) groups excluding carboxylic acids is 2. The summed E-state index contributed by atoms with van der Waals surface area (Å²) in [7, 11) is 0. The van der Waals surface area contributed by atoms with Crippen LogP contribution in [0.15, 0.2) is 24.3 Å². The summed E-state index contributed by atoms with van der Waals surface area (Å²) in [5.74, 6) is 0.275. The van der Waals surface area contributed by atoms with E-state index in [2.05, 4.69) is 22.9 Å². The molecular weight excluding hydrogens is 338 g/mol. The summed E-state index contributed by atoms with van der Waals surface area (Å²) in [6.45, 7) is 3.77. The molecule has 0 aromatic heterocycles. The van der Waals surface area contributed by atoms with Crippen molar-refractivity contribution in [3.05, 3.63) is 29.8 Å². The van der Waals surface area contributed by atoms with Crippen LogP contribution in [0.2, 0.25) is 0 Å². The summed E-state index contributed by atoms with van der Waals surface area (Å²) in [5, 5.41) is 9.10. The highest BCUT2D eigenvalue weighted by Gasteiger charge is 2.49. The average Bonchev–Trinajstić information content (AvgIpc) is 3.05. The fourth-order valence-electron chi connectivity index (χ4n) is 4.10. The Bertz CT molecular complexity index is 622. The third kappa shape index (κ3) is 4.33. The third-order valence-electron chi connectivity index (χ3n) is 5.52. The van der Waals surface area contributed by atoms with Crippen molar-refractivity contribution in [3.63, 3.8) is 0 Å². The molecule has 2 atom stereocenters. The molecule has 2 aliphatic rings. The summed E-state index contributed by atoms with van der Waals surface area (Å²) >= 11 is 0. The minimum Gasteiger partial charge on any atom is -0.346 e. The number of nitrogens with one attached hydrogen (secondary N) is 3. The monoisotopic (exact) mass is 365 g/mol. The maximum absolute atomic E-state index is 12.7. The maximum atomic E-state index is 12.7. The molecule has 1 saturated heterocycles. The first-order valence-corrected chi connectivity index (χ1v) is 9.02. The van der Waals surface area contributed by atoms with Gasteiger partial charge in [-0.05, 0) is 49.4 Å². The Morgan fingerprint density at radius 1 is 1.32 bits per heavy atom. The molecule has 1 heterocycles. The van der Waals surface area contributed by atoms with Gasteiger partial charge in [-0.1, -0.05) is 31.9 Å². The minimum atomic E-state index is -0.305. The molecule has 1 aliphatic carbocycles. The van der Waals surface area contributed by atoms with Crippen LogP contribution in [0.5, 0.6) is 0 Å². The van der Waals surface area contributed by atoms with E-state index in [0.717, 1.165) is 44.5 Å². The molecule has 5 nitrogen and oxygen atoms in total. The SMILES string of the molecule is CCc1cccc(NC(=O)CNC(=O)[C@@]23CCCC[C@H]2CNC3)c1.Cl. The summed E-state index contributed by atoms with van der Waals surface area (Å²) in [6.07, 6.45) is 5.27. The van der Waals surface area contributed by atoms with Gasteiger partial charge in [0.05, 0.1) is 12.0 Å². The minimum absolute atomic E-state index is 0. The number of rotatable bonds is 5. The largest absolute Gasteiger partial charge is 0.346 e. The maximum Gasteiger partial charge on any atom is 0.243 e. The molecule has 1 aromatic carbocycles. The van der Waals surface area contributed by atoms with E-state index in [1.54, 1.807) is 0 Å². The second-order valence-corrected chi connectivity index (χ2v) is 7.01. The van der Waals surface area contributed by atoms with Gasteiger partial charge < -0.3 is 16.0 Å². The lowest BCUT2D eigenvalue weighted by Gasteiger charge is -2.37. The van der Waals surface area contributed by atoms with Gasteiger partial charge in [0.25, 0.3) is 0 Å². The molecule has 25 heavy (non-hydrogen) atoms. The lowest BCUT2D eigenvalue weighted by molar-refractivity contribution is -0.135. The van der Waals surface area contributed by atoms with Gasteiger partial charge in [-0.25, -0.2) is 0 Å². The number of carbonyl (C=O) groups is 2. The number of fused-ring (bicyclic) bond motifs is 1. The molecule has 2 fully saturated rings. The molecule has 3 N–H and O–H groups in total. The molecule has 0 radical (unpaired) electrons. The molecule has 1 aromatic rings. The van der Waals surface area contributed by atoms with Crippen molar-refractivity contribution in [2.45, 2.75) is 39.0 Å². The number of amides is 2. The molecule has 0 spiro atoms. The summed E-state index contributed by atoms with van der Waals surface area (Å²) in [4.78, 5) is 24.9. The standard InChI is InChI=1S/C19H27N3O2.ClH/c1-2-14-6-5-8-16(10-14)22-17(23)12-21-18(24)19-9-4-3-7-15(19)11-20-13-19;/h5-6,8,10,15,20H,2-4,7,9,11-13H2,1H3,(H,21,24)(H,22,23);1H/t15-,19+;/m0./s1. The number of anilines is 1. The lowest BCUT2D eigenvalue weighted by atomic mass is 9.67. The molecule has 0 unspecified atom stereocenters. The van der Waals surface area contributed by atoms with Crippen LogP contribution in [0, 0.1) is 11.3 Å². The molecule has 1 saturated carbocycles. The number of hydrogen-bond acceptors (Lipinski definition) is 3. The first kappa shape index (κ1) is 19.7. The smallest absolute Gasteiger partial charge is 0.243 e. The van der Waals surface area contributed by atoms with Crippen LogP contribution in [0.4, 0.5) is 5.69 Å². The number of benzene rings is 1.